The maximum atomic E-state index is 12.8. The number of alkyl halides is 3. The number of amides is 1. The average molecular weight is 481 g/mol. The summed E-state index contributed by atoms with van der Waals surface area (Å²) in [5.74, 6) is -1.76. The quantitative estimate of drug-likeness (QED) is 0.431. The molecule has 0 bridgehead atoms. The van der Waals surface area contributed by atoms with E-state index in [1.807, 2.05) is 5.32 Å². The van der Waals surface area contributed by atoms with Crippen molar-refractivity contribution >= 4 is 38.7 Å². The van der Waals surface area contributed by atoms with E-state index in [0.29, 0.717) is 18.7 Å². The molecule has 1 unspecified atom stereocenters. The molecule has 7 nitrogen and oxygen atoms in total. The number of hydrogen-bond donors (Lipinski definition) is 4. The number of benzene rings is 2. The lowest BCUT2D eigenvalue weighted by atomic mass is 10.1. The van der Waals surface area contributed by atoms with Crippen LogP contribution in [-0.4, -0.2) is 49.5 Å². The van der Waals surface area contributed by atoms with Crippen LogP contribution < -0.4 is 10.6 Å². The Morgan fingerprint density at radius 1 is 1.10 bits per heavy atom. The molecule has 2 rings (SSSR count). The molecule has 2 aromatic rings. The first kappa shape index (κ1) is 24.9. The van der Waals surface area contributed by atoms with E-state index in [0.717, 1.165) is 18.2 Å². The number of carbonyl (C=O) groups is 1. The molecule has 2 aromatic carbocycles. The van der Waals surface area contributed by atoms with Gasteiger partial charge in [-0.3, -0.25) is 4.79 Å². The van der Waals surface area contributed by atoms with Crippen molar-refractivity contribution in [3.63, 3.8) is 0 Å². The second-order valence-electron chi connectivity index (χ2n) is 6.70. The smallest absolute Gasteiger partial charge is 0.396 e. The summed E-state index contributed by atoms with van der Waals surface area (Å²) in [6.07, 6.45) is -4.69. The number of rotatable bonds is 8. The molecular formula is C19H20ClF3N2O5S. The molecule has 0 spiro atoms. The number of sulfone groups is 1. The zero-order valence-corrected chi connectivity index (χ0v) is 17.8. The number of halogens is 4. The fourth-order valence-corrected chi connectivity index (χ4v) is 3.92. The third kappa shape index (κ3) is 5.67. The largest absolute Gasteiger partial charge is 0.426 e. The molecule has 0 aliphatic heterocycles. The van der Waals surface area contributed by atoms with Gasteiger partial charge in [-0.2, -0.15) is 13.2 Å². The van der Waals surface area contributed by atoms with Gasteiger partial charge in [-0.05, 0) is 55.8 Å². The van der Waals surface area contributed by atoms with E-state index in [1.165, 1.54) is 12.1 Å². The van der Waals surface area contributed by atoms with Crippen molar-refractivity contribution in [2.75, 3.05) is 23.8 Å². The van der Waals surface area contributed by atoms with Gasteiger partial charge in [-0.25, -0.2) is 8.42 Å². The minimum atomic E-state index is -5.22. The average Bonchev–Trinajstić information content (AvgIpc) is 2.69. The summed E-state index contributed by atoms with van der Waals surface area (Å²) in [5, 5.41) is 22.7. The highest BCUT2D eigenvalue weighted by atomic mass is 35.5. The van der Waals surface area contributed by atoms with Crippen LogP contribution in [0, 0.1) is 0 Å². The van der Waals surface area contributed by atoms with Crippen molar-refractivity contribution in [1.82, 2.24) is 0 Å². The number of anilines is 2. The van der Waals surface area contributed by atoms with Crippen molar-refractivity contribution in [2.45, 2.75) is 34.9 Å². The molecule has 4 N–H and O–H groups in total. The molecule has 0 fully saturated rings. The minimum absolute atomic E-state index is 0.0183. The summed E-state index contributed by atoms with van der Waals surface area (Å²) in [6.45, 7) is 0.814. The number of nitrogens with one attached hydrogen (secondary N) is 2. The van der Waals surface area contributed by atoms with Crippen molar-refractivity contribution in [1.29, 1.82) is 0 Å². The molecule has 0 aliphatic carbocycles. The summed E-state index contributed by atoms with van der Waals surface area (Å²) in [4.78, 5) is 11.5. The normalized spacial score (nSPS) is 14.0. The van der Waals surface area contributed by atoms with Crippen molar-refractivity contribution in [3.8, 4) is 0 Å². The molecule has 0 aliphatic rings. The van der Waals surface area contributed by atoms with Crippen molar-refractivity contribution < 1.29 is 36.6 Å². The van der Waals surface area contributed by atoms with E-state index in [1.54, 1.807) is 12.1 Å². The third-order valence-electron chi connectivity index (χ3n) is 4.32. The Morgan fingerprint density at radius 2 is 1.68 bits per heavy atom. The van der Waals surface area contributed by atoms with Crippen LogP contribution in [-0.2, 0) is 14.6 Å². The van der Waals surface area contributed by atoms with E-state index in [2.05, 4.69) is 5.32 Å². The van der Waals surface area contributed by atoms with Crippen LogP contribution in [0.25, 0.3) is 0 Å². The lowest BCUT2D eigenvalue weighted by molar-refractivity contribution is -0.242. The molecule has 0 aromatic heterocycles. The fourth-order valence-electron chi connectivity index (χ4n) is 2.34. The highest BCUT2D eigenvalue weighted by Crippen LogP contribution is 2.33. The maximum Gasteiger partial charge on any atom is 0.426 e. The first-order valence-corrected chi connectivity index (χ1v) is 10.8. The number of carbonyl (C=O) groups excluding carboxylic acids is 1. The number of aliphatic hydroxyl groups excluding tert-OH is 1. The third-order valence-corrected chi connectivity index (χ3v) is 6.40. The Kier molecular flexibility index (Phi) is 7.58. The van der Waals surface area contributed by atoms with Gasteiger partial charge in [0.25, 0.3) is 5.91 Å². The second kappa shape index (κ2) is 9.43. The zero-order chi connectivity index (χ0) is 23.4. The van der Waals surface area contributed by atoms with Gasteiger partial charge >= 0.3 is 6.18 Å². The van der Waals surface area contributed by atoms with Crippen LogP contribution >= 0.6 is 11.6 Å². The van der Waals surface area contributed by atoms with Crippen LogP contribution in [0.1, 0.15) is 13.3 Å². The Hall–Kier alpha value is -2.34. The van der Waals surface area contributed by atoms with Gasteiger partial charge in [0.05, 0.1) is 20.5 Å². The van der Waals surface area contributed by atoms with E-state index >= 15 is 0 Å². The molecule has 1 atom stereocenters. The molecule has 0 saturated carbocycles. The van der Waals surface area contributed by atoms with Gasteiger partial charge in [0.2, 0.25) is 15.4 Å². The Labute approximate surface area is 181 Å². The van der Waals surface area contributed by atoms with Gasteiger partial charge in [0.15, 0.2) is 0 Å². The van der Waals surface area contributed by atoms with Gasteiger partial charge in [0.1, 0.15) is 0 Å². The maximum absolute atomic E-state index is 12.8. The number of hydrogen-bond acceptors (Lipinski definition) is 6. The van der Waals surface area contributed by atoms with E-state index in [-0.39, 0.29) is 34.0 Å². The highest BCUT2D eigenvalue weighted by Gasteiger charge is 2.55. The van der Waals surface area contributed by atoms with E-state index < -0.39 is 27.5 Å². The lowest BCUT2D eigenvalue weighted by Crippen LogP contribution is -2.52. The topological polar surface area (TPSA) is 116 Å². The Bertz CT molecular complexity index is 1040. The molecule has 12 heteroatoms. The predicted octanol–water partition coefficient (Wildman–Crippen LogP) is 3.22. The second-order valence-corrected chi connectivity index (χ2v) is 9.05. The monoisotopic (exact) mass is 480 g/mol. The van der Waals surface area contributed by atoms with Crippen LogP contribution in [0.4, 0.5) is 24.5 Å². The standard InChI is InChI=1S/C19H20ClF3N2O5S/c1-18(28,19(21,22)23)17(27)25-16-8-7-14(11-15(16)20)31(29,30)13-5-3-12(4-6-13)24-9-2-10-26/h3-8,11,24,26,28H,2,9-10H2,1H3,(H,25,27). The van der Waals surface area contributed by atoms with Crippen LogP contribution in [0.2, 0.25) is 5.02 Å². The van der Waals surface area contributed by atoms with Gasteiger partial charge < -0.3 is 20.8 Å². The molecule has 170 valence electrons. The summed E-state index contributed by atoms with van der Waals surface area (Å²) in [6, 6.07) is 8.90. The first-order chi connectivity index (χ1) is 14.3. The summed E-state index contributed by atoms with van der Waals surface area (Å²) >= 11 is 5.96. The SMILES string of the molecule is CC(O)(C(=O)Nc1ccc(S(=O)(=O)c2ccc(NCCCO)cc2)cc1Cl)C(F)(F)F. The molecule has 0 saturated heterocycles. The molecular weight excluding hydrogens is 461 g/mol. The summed E-state index contributed by atoms with van der Waals surface area (Å²) in [5.41, 5.74) is -3.30. The zero-order valence-electron chi connectivity index (χ0n) is 16.2. The first-order valence-electron chi connectivity index (χ1n) is 8.90. The van der Waals surface area contributed by atoms with E-state index in [4.69, 9.17) is 16.7 Å². The van der Waals surface area contributed by atoms with E-state index in [9.17, 15) is 31.5 Å². The van der Waals surface area contributed by atoms with Gasteiger partial charge in [0, 0.05) is 18.8 Å². The van der Waals surface area contributed by atoms with Crippen molar-refractivity contribution in [3.05, 3.63) is 47.5 Å². The molecule has 0 radical (unpaired) electrons. The lowest BCUT2D eigenvalue weighted by Gasteiger charge is -2.25. The molecule has 31 heavy (non-hydrogen) atoms. The van der Waals surface area contributed by atoms with Crippen molar-refractivity contribution in [2.24, 2.45) is 0 Å². The highest BCUT2D eigenvalue weighted by molar-refractivity contribution is 7.91. The minimum Gasteiger partial charge on any atom is -0.396 e. The van der Waals surface area contributed by atoms with Crippen LogP contribution in [0.5, 0.6) is 0 Å². The summed E-state index contributed by atoms with van der Waals surface area (Å²) < 4.78 is 63.9. The summed E-state index contributed by atoms with van der Waals surface area (Å²) in [7, 11) is -3.99. The van der Waals surface area contributed by atoms with Gasteiger partial charge in [-0.15, -0.1) is 0 Å². The molecule has 0 heterocycles. The molecule has 1 amide bonds. The Balaban J connectivity index is 2.22. The van der Waals surface area contributed by atoms with Crippen LogP contribution in [0.15, 0.2) is 52.3 Å². The predicted molar refractivity (Wildman–Crippen MR) is 109 cm³/mol. The van der Waals surface area contributed by atoms with Crippen LogP contribution in [0.3, 0.4) is 0 Å². The fraction of sp³-hybridized carbons (Fsp3) is 0.316. The Morgan fingerprint density at radius 3 is 2.19 bits per heavy atom. The van der Waals surface area contributed by atoms with Gasteiger partial charge in [-0.1, -0.05) is 11.6 Å². The number of aliphatic hydroxyl groups is 2.